The first kappa shape index (κ1) is 11.7. The van der Waals surface area contributed by atoms with Gasteiger partial charge in [0, 0.05) is 0 Å². The molecule has 0 fully saturated rings. The van der Waals surface area contributed by atoms with E-state index < -0.39 is 33.5 Å². The number of rotatable bonds is 0. The highest BCUT2D eigenvalue weighted by Crippen LogP contribution is 2.53. The summed E-state index contributed by atoms with van der Waals surface area (Å²) in [6, 6.07) is 0. The van der Waals surface area contributed by atoms with Gasteiger partial charge in [0.15, 0.2) is 23.3 Å². The first-order chi connectivity index (χ1) is 6.14. The molecule has 1 aliphatic carbocycles. The first-order valence-electron chi connectivity index (χ1n) is 3.05. The molecule has 0 spiro atoms. The average molecular weight is 255 g/mol. The fourth-order valence-electron chi connectivity index (χ4n) is 0.759. The number of aliphatic hydroxyl groups is 1. The fraction of sp³-hybridized carbons (Fsp3) is 0.333. The molecule has 2 atom stereocenters. The minimum Gasteiger partial charge on any atom is -0.365 e. The zero-order valence-corrected chi connectivity index (χ0v) is 7.60. The second kappa shape index (κ2) is 3.08. The molecule has 80 valence electrons. The van der Waals surface area contributed by atoms with E-state index in [2.05, 4.69) is 11.6 Å². The summed E-state index contributed by atoms with van der Waals surface area (Å²) in [7, 11) is 0. The fourth-order valence-corrected chi connectivity index (χ4v) is 1.09. The van der Waals surface area contributed by atoms with Crippen molar-refractivity contribution < 1.29 is 27.1 Å². The molecule has 1 aliphatic rings. The van der Waals surface area contributed by atoms with Crippen LogP contribution in [-0.2, 0) is 0 Å². The summed E-state index contributed by atoms with van der Waals surface area (Å²) in [5.74, 6) is -9.83. The van der Waals surface area contributed by atoms with E-state index in [9.17, 15) is 22.0 Å². The van der Waals surface area contributed by atoms with Crippen molar-refractivity contribution in [3.8, 4) is 0 Å². The van der Waals surface area contributed by atoms with E-state index in [4.69, 9.17) is 16.7 Å². The molecule has 0 aromatic rings. The molecule has 1 rings (SSSR count). The van der Waals surface area contributed by atoms with E-state index in [0.29, 0.717) is 0 Å². The molecule has 14 heavy (non-hydrogen) atoms. The van der Waals surface area contributed by atoms with Gasteiger partial charge in [0.25, 0.3) is 5.13 Å². The van der Waals surface area contributed by atoms with Gasteiger partial charge >= 0.3 is 0 Å². The quantitative estimate of drug-likeness (QED) is 0.520. The van der Waals surface area contributed by atoms with Crippen LogP contribution in [0.25, 0.3) is 0 Å². The summed E-state index contributed by atoms with van der Waals surface area (Å²) < 4.78 is 63.0. The lowest BCUT2D eigenvalue weighted by Crippen LogP contribution is -2.46. The Bertz CT molecular complexity index is 312. The van der Waals surface area contributed by atoms with E-state index >= 15 is 0 Å². The predicted molar refractivity (Wildman–Crippen MR) is 39.0 cm³/mol. The van der Waals surface area contributed by atoms with Crippen molar-refractivity contribution in [3.63, 3.8) is 0 Å². The molecule has 0 amide bonds. The van der Waals surface area contributed by atoms with Crippen molar-refractivity contribution in [1.82, 2.24) is 0 Å². The first-order valence-corrected chi connectivity index (χ1v) is 3.80. The number of hydrogen-bond donors (Lipinski definition) is 1. The van der Waals surface area contributed by atoms with Crippen LogP contribution in [0.1, 0.15) is 0 Å². The molecule has 0 heterocycles. The zero-order valence-electron chi connectivity index (χ0n) is 6.09. The van der Waals surface area contributed by atoms with Crippen LogP contribution in [0.3, 0.4) is 0 Å². The van der Waals surface area contributed by atoms with E-state index in [1.54, 1.807) is 0 Å². The predicted octanol–water partition coefficient (Wildman–Crippen LogP) is 3.13. The van der Waals surface area contributed by atoms with Gasteiger partial charge in [-0.15, -0.1) is 0 Å². The van der Waals surface area contributed by atoms with Crippen LogP contribution in [0.4, 0.5) is 22.0 Å². The maximum Gasteiger partial charge on any atom is 0.287 e. The van der Waals surface area contributed by atoms with E-state index in [1.165, 1.54) is 0 Å². The van der Waals surface area contributed by atoms with E-state index in [0.717, 1.165) is 0 Å². The molecular formula is C6HCl2F5O. The Balaban J connectivity index is 3.48. The molecule has 0 bridgehead atoms. The summed E-state index contributed by atoms with van der Waals surface area (Å²) in [5, 5.41) is 0.882. The van der Waals surface area contributed by atoms with Crippen LogP contribution >= 0.6 is 23.2 Å². The van der Waals surface area contributed by atoms with Gasteiger partial charge in [-0.25, -0.2) is 22.0 Å². The largest absolute Gasteiger partial charge is 0.365 e. The van der Waals surface area contributed by atoms with Crippen molar-refractivity contribution in [3.05, 3.63) is 23.3 Å². The second-order valence-electron chi connectivity index (χ2n) is 2.45. The van der Waals surface area contributed by atoms with Crippen molar-refractivity contribution in [2.45, 2.75) is 10.2 Å². The Hall–Kier alpha value is -0.330. The minimum atomic E-state index is -4.09. The third kappa shape index (κ3) is 1.24. The number of alkyl halides is 3. The van der Waals surface area contributed by atoms with Gasteiger partial charge in [-0.05, 0) is 0 Å². The summed E-state index contributed by atoms with van der Waals surface area (Å²) >= 11 is 9.31. The Morgan fingerprint density at radius 1 is 0.929 bits per heavy atom. The summed E-state index contributed by atoms with van der Waals surface area (Å²) in [6.07, 6.45) is 0. The number of halogens is 7. The Kier molecular flexibility index (Phi) is 2.58. The Morgan fingerprint density at radius 2 is 1.29 bits per heavy atom. The minimum absolute atomic E-state index is 2.42. The summed E-state index contributed by atoms with van der Waals surface area (Å²) in [6.45, 7) is 0. The van der Waals surface area contributed by atoms with E-state index in [-0.39, 0.29) is 0 Å². The van der Waals surface area contributed by atoms with Crippen LogP contribution in [-0.4, -0.2) is 15.3 Å². The van der Waals surface area contributed by atoms with Gasteiger partial charge in [-0.2, -0.15) is 0 Å². The third-order valence-electron chi connectivity index (χ3n) is 1.56. The average Bonchev–Trinajstić information content (AvgIpc) is 2.10. The molecule has 1 N–H and O–H groups in total. The van der Waals surface area contributed by atoms with Gasteiger partial charge < -0.3 is 5.11 Å². The lowest BCUT2D eigenvalue weighted by atomic mass is 10.0. The lowest BCUT2D eigenvalue weighted by molar-refractivity contribution is 0.0216. The van der Waals surface area contributed by atoms with Gasteiger partial charge in [0.1, 0.15) is 0 Å². The molecule has 0 saturated carbocycles. The molecule has 0 aromatic carbocycles. The van der Waals surface area contributed by atoms with Gasteiger partial charge in [-0.1, -0.05) is 23.2 Å². The van der Waals surface area contributed by atoms with Crippen LogP contribution in [0, 0.1) is 0 Å². The second-order valence-corrected chi connectivity index (χ2v) is 3.52. The maximum atomic E-state index is 13.0. The summed E-state index contributed by atoms with van der Waals surface area (Å²) in [4.78, 5) is 0. The van der Waals surface area contributed by atoms with Crippen LogP contribution in [0.2, 0.25) is 0 Å². The standard InChI is InChI=1S/C6HCl2F5O/c7-5(13)3(11)1(9)2(10)4(12)6(5,8)14/h14H. The van der Waals surface area contributed by atoms with Crippen molar-refractivity contribution in [1.29, 1.82) is 0 Å². The highest BCUT2D eigenvalue weighted by molar-refractivity contribution is 6.35. The van der Waals surface area contributed by atoms with Crippen molar-refractivity contribution in [2.75, 3.05) is 0 Å². The molecule has 1 nitrogen and oxygen atoms in total. The van der Waals surface area contributed by atoms with Gasteiger partial charge in [0.05, 0.1) is 0 Å². The van der Waals surface area contributed by atoms with Gasteiger partial charge in [-0.3, -0.25) is 0 Å². The third-order valence-corrected chi connectivity index (χ3v) is 2.52. The molecule has 2 unspecified atom stereocenters. The van der Waals surface area contributed by atoms with Crippen LogP contribution < -0.4 is 0 Å². The molecule has 0 aromatic heterocycles. The van der Waals surface area contributed by atoms with Gasteiger partial charge in [0.2, 0.25) is 5.06 Å². The normalized spacial score (nSPS) is 39.4. The van der Waals surface area contributed by atoms with E-state index in [1.807, 2.05) is 0 Å². The number of hydrogen-bond acceptors (Lipinski definition) is 1. The highest BCUT2D eigenvalue weighted by Gasteiger charge is 2.62. The highest BCUT2D eigenvalue weighted by atomic mass is 35.5. The Morgan fingerprint density at radius 3 is 1.71 bits per heavy atom. The smallest absolute Gasteiger partial charge is 0.287 e. The number of allylic oxidation sites excluding steroid dienone is 2. The van der Waals surface area contributed by atoms with Crippen molar-refractivity contribution in [2.24, 2.45) is 0 Å². The molecule has 8 heteroatoms. The molecule has 0 saturated heterocycles. The summed E-state index contributed by atoms with van der Waals surface area (Å²) in [5.41, 5.74) is 0. The van der Waals surface area contributed by atoms with Crippen LogP contribution in [0.15, 0.2) is 23.3 Å². The zero-order chi connectivity index (χ0) is 11.3. The molecule has 0 radical (unpaired) electrons. The maximum absolute atomic E-state index is 13.0. The monoisotopic (exact) mass is 254 g/mol. The molecule has 0 aliphatic heterocycles. The molecular weight excluding hydrogens is 254 g/mol. The lowest BCUT2D eigenvalue weighted by Gasteiger charge is -2.31. The topological polar surface area (TPSA) is 20.2 Å². The SMILES string of the molecule is OC1(Cl)C(F)=C(F)C(F)=C(F)C1(F)Cl. The Labute approximate surface area is 84.4 Å². The van der Waals surface area contributed by atoms with Crippen molar-refractivity contribution >= 4 is 23.2 Å². The van der Waals surface area contributed by atoms with Crippen LogP contribution in [0.5, 0.6) is 0 Å².